The summed E-state index contributed by atoms with van der Waals surface area (Å²) in [4.78, 5) is 11.3. The Morgan fingerprint density at radius 1 is 1.25 bits per heavy atom. The second-order valence-electron chi connectivity index (χ2n) is 5.44. The molecule has 0 bridgehead atoms. The SMILES string of the molecule is N#Cc1cc(Cl)ccc1NCCOc1ccc2c(c1)CCC(=O)N2. The average molecular weight is 342 g/mol. The molecule has 0 atom stereocenters. The Hall–Kier alpha value is -2.71. The van der Waals surface area contributed by atoms with Gasteiger partial charge in [-0.15, -0.1) is 0 Å². The Bertz CT molecular complexity index is 814. The minimum absolute atomic E-state index is 0.0524. The number of hydrogen-bond acceptors (Lipinski definition) is 4. The number of nitrogens with zero attached hydrogens (tertiary/aromatic N) is 1. The van der Waals surface area contributed by atoms with Crippen molar-refractivity contribution < 1.29 is 9.53 Å². The average Bonchev–Trinajstić information content (AvgIpc) is 2.59. The number of ether oxygens (including phenoxy) is 1. The molecule has 0 fully saturated rings. The van der Waals surface area contributed by atoms with Crippen LogP contribution in [-0.2, 0) is 11.2 Å². The molecule has 122 valence electrons. The van der Waals surface area contributed by atoms with Crippen LogP contribution in [0.25, 0.3) is 0 Å². The van der Waals surface area contributed by atoms with Crippen molar-refractivity contribution in [2.75, 3.05) is 23.8 Å². The molecule has 0 saturated carbocycles. The molecule has 0 aliphatic carbocycles. The summed E-state index contributed by atoms with van der Waals surface area (Å²) in [5, 5.41) is 15.6. The Kier molecular flexibility index (Phi) is 4.88. The maximum atomic E-state index is 11.3. The van der Waals surface area contributed by atoms with Crippen LogP contribution in [0.15, 0.2) is 36.4 Å². The zero-order valence-electron chi connectivity index (χ0n) is 12.9. The van der Waals surface area contributed by atoms with Gasteiger partial charge in [-0.1, -0.05) is 11.6 Å². The van der Waals surface area contributed by atoms with E-state index in [0.29, 0.717) is 30.2 Å². The fourth-order valence-corrected chi connectivity index (χ4v) is 2.74. The maximum absolute atomic E-state index is 11.3. The molecule has 1 aliphatic heterocycles. The summed E-state index contributed by atoms with van der Waals surface area (Å²) in [6.07, 6.45) is 1.23. The molecule has 3 rings (SSSR count). The molecule has 2 aromatic rings. The van der Waals surface area contributed by atoms with E-state index in [2.05, 4.69) is 16.7 Å². The van der Waals surface area contributed by atoms with Gasteiger partial charge in [0.1, 0.15) is 18.4 Å². The summed E-state index contributed by atoms with van der Waals surface area (Å²) in [7, 11) is 0. The van der Waals surface area contributed by atoms with Gasteiger partial charge in [0.2, 0.25) is 5.91 Å². The summed E-state index contributed by atoms with van der Waals surface area (Å²) in [6.45, 7) is 1.02. The van der Waals surface area contributed by atoms with Gasteiger partial charge in [-0.25, -0.2) is 0 Å². The predicted octanol–water partition coefficient (Wildman–Crippen LogP) is 3.59. The number of amides is 1. The molecule has 0 spiro atoms. The Balaban J connectivity index is 1.54. The second kappa shape index (κ2) is 7.24. The molecule has 2 N–H and O–H groups in total. The Labute approximate surface area is 145 Å². The number of fused-ring (bicyclic) bond motifs is 1. The summed E-state index contributed by atoms with van der Waals surface area (Å²) >= 11 is 5.87. The van der Waals surface area contributed by atoms with Crippen LogP contribution in [0.5, 0.6) is 5.75 Å². The molecular formula is C18H16ClN3O2. The number of halogens is 1. The number of carbonyl (C=O) groups excluding carboxylic acids is 1. The molecule has 2 aromatic carbocycles. The third-order valence-corrected chi connectivity index (χ3v) is 4.00. The van der Waals surface area contributed by atoms with E-state index < -0.39 is 0 Å². The summed E-state index contributed by atoms with van der Waals surface area (Å²) in [6, 6.07) is 12.9. The highest BCUT2D eigenvalue weighted by Gasteiger charge is 2.14. The first-order chi connectivity index (χ1) is 11.7. The van der Waals surface area contributed by atoms with Crippen molar-refractivity contribution in [2.24, 2.45) is 0 Å². The summed E-state index contributed by atoms with van der Waals surface area (Å²) < 4.78 is 5.73. The van der Waals surface area contributed by atoms with E-state index in [1.165, 1.54) is 0 Å². The molecule has 5 nitrogen and oxygen atoms in total. The quantitative estimate of drug-likeness (QED) is 0.815. The standard InChI is InChI=1S/C18H16ClN3O2/c19-14-2-4-16(13(9-14)11-20)21-7-8-24-15-3-5-17-12(10-15)1-6-18(23)22-17/h2-5,9-10,21H,1,6-8H2,(H,22,23). The highest BCUT2D eigenvalue weighted by molar-refractivity contribution is 6.30. The van der Waals surface area contributed by atoms with Gasteiger partial charge in [0, 0.05) is 23.7 Å². The van der Waals surface area contributed by atoms with Crippen molar-refractivity contribution >= 4 is 28.9 Å². The highest BCUT2D eigenvalue weighted by atomic mass is 35.5. The molecule has 1 aliphatic rings. The monoisotopic (exact) mass is 341 g/mol. The van der Waals surface area contributed by atoms with Crippen LogP contribution in [0.2, 0.25) is 5.02 Å². The second-order valence-corrected chi connectivity index (χ2v) is 5.88. The zero-order valence-corrected chi connectivity index (χ0v) is 13.7. The van der Waals surface area contributed by atoms with Gasteiger partial charge >= 0.3 is 0 Å². The predicted molar refractivity (Wildman–Crippen MR) is 93.5 cm³/mol. The first-order valence-electron chi connectivity index (χ1n) is 7.65. The number of nitrogens with one attached hydrogen (secondary N) is 2. The third kappa shape index (κ3) is 3.79. The lowest BCUT2D eigenvalue weighted by Gasteiger charge is -2.18. The van der Waals surface area contributed by atoms with Gasteiger partial charge < -0.3 is 15.4 Å². The van der Waals surface area contributed by atoms with E-state index in [0.717, 1.165) is 29.1 Å². The molecule has 1 amide bonds. The van der Waals surface area contributed by atoms with Gasteiger partial charge in [-0.3, -0.25) is 4.79 Å². The molecule has 6 heteroatoms. The summed E-state index contributed by atoms with van der Waals surface area (Å²) in [5.41, 5.74) is 3.19. The minimum atomic E-state index is 0.0524. The molecule has 0 radical (unpaired) electrons. The van der Waals surface area contributed by atoms with E-state index in [1.54, 1.807) is 18.2 Å². The van der Waals surface area contributed by atoms with Crippen LogP contribution < -0.4 is 15.4 Å². The van der Waals surface area contributed by atoms with Crippen molar-refractivity contribution in [3.63, 3.8) is 0 Å². The Morgan fingerprint density at radius 2 is 2.12 bits per heavy atom. The van der Waals surface area contributed by atoms with Crippen molar-refractivity contribution in [1.29, 1.82) is 5.26 Å². The van der Waals surface area contributed by atoms with E-state index in [1.807, 2.05) is 18.2 Å². The van der Waals surface area contributed by atoms with Crippen LogP contribution in [0.3, 0.4) is 0 Å². The lowest BCUT2D eigenvalue weighted by Crippen LogP contribution is -2.19. The largest absolute Gasteiger partial charge is 0.492 e. The van der Waals surface area contributed by atoms with Gasteiger partial charge in [0.25, 0.3) is 0 Å². The van der Waals surface area contributed by atoms with Gasteiger partial charge in [-0.2, -0.15) is 5.26 Å². The minimum Gasteiger partial charge on any atom is -0.492 e. The lowest BCUT2D eigenvalue weighted by molar-refractivity contribution is -0.116. The first-order valence-corrected chi connectivity index (χ1v) is 8.02. The number of benzene rings is 2. The van der Waals surface area contributed by atoms with Crippen molar-refractivity contribution in [2.45, 2.75) is 12.8 Å². The summed E-state index contributed by atoms with van der Waals surface area (Å²) in [5.74, 6) is 0.819. The van der Waals surface area contributed by atoms with Crippen LogP contribution in [0.1, 0.15) is 17.5 Å². The topological polar surface area (TPSA) is 74.1 Å². The number of carbonyl (C=O) groups is 1. The Morgan fingerprint density at radius 3 is 2.96 bits per heavy atom. The van der Waals surface area contributed by atoms with E-state index >= 15 is 0 Å². The maximum Gasteiger partial charge on any atom is 0.224 e. The van der Waals surface area contributed by atoms with Crippen molar-refractivity contribution in [3.8, 4) is 11.8 Å². The molecule has 1 heterocycles. The highest BCUT2D eigenvalue weighted by Crippen LogP contribution is 2.26. The number of anilines is 2. The third-order valence-electron chi connectivity index (χ3n) is 3.76. The van der Waals surface area contributed by atoms with Gasteiger partial charge in [-0.05, 0) is 48.4 Å². The van der Waals surface area contributed by atoms with E-state index in [9.17, 15) is 4.79 Å². The van der Waals surface area contributed by atoms with Crippen LogP contribution >= 0.6 is 11.6 Å². The van der Waals surface area contributed by atoms with E-state index in [-0.39, 0.29) is 5.91 Å². The smallest absolute Gasteiger partial charge is 0.224 e. The molecule has 0 saturated heterocycles. The number of hydrogen-bond donors (Lipinski definition) is 2. The van der Waals surface area contributed by atoms with Crippen LogP contribution in [0.4, 0.5) is 11.4 Å². The normalized spacial score (nSPS) is 12.8. The van der Waals surface area contributed by atoms with Gasteiger partial charge in [0.05, 0.1) is 11.3 Å². The van der Waals surface area contributed by atoms with Crippen molar-refractivity contribution in [3.05, 3.63) is 52.5 Å². The van der Waals surface area contributed by atoms with Crippen LogP contribution in [-0.4, -0.2) is 19.1 Å². The van der Waals surface area contributed by atoms with Crippen molar-refractivity contribution in [1.82, 2.24) is 0 Å². The fraction of sp³-hybridized carbons (Fsp3) is 0.222. The molecule has 0 aromatic heterocycles. The molecule has 24 heavy (non-hydrogen) atoms. The number of nitriles is 1. The number of aryl methyl sites for hydroxylation is 1. The molecule has 0 unspecified atom stereocenters. The first kappa shape index (κ1) is 16.2. The van der Waals surface area contributed by atoms with E-state index in [4.69, 9.17) is 21.6 Å². The van der Waals surface area contributed by atoms with Crippen LogP contribution in [0, 0.1) is 11.3 Å². The molecular weight excluding hydrogens is 326 g/mol. The fourth-order valence-electron chi connectivity index (χ4n) is 2.57. The zero-order chi connectivity index (χ0) is 16.9. The number of rotatable bonds is 5. The van der Waals surface area contributed by atoms with Gasteiger partial charge in [0.15, 0.2) is 0 Å². The lowest BCUT2D eigenvalue weighted by atomic mass is 10.0.